The number of hydrogen-bond donors (Lipinski definition) is 0. The fourth-order valence-corrected chi connectivity index (χ4v) is 2.70. The molecule has 90 valence electrons. The lowest BCUT2D eigenvalue weighted by Gasteiger charge is -2.23. The number of carbonyl (C=O) groups is 3. The lowest BCUT2D eigenvalue weighted by molar-refractivity contribution is -0.157. The van der Waals surface area contributed by atoms with E-state index in [1.807, 2.05) is 0 Å². The minimum absolute atomic E-state index is 0.146. The lowest BCUT2D eigenvalue weighted by Crippen LogP contribution is -2.48. The van der Waals surface area contributed by atoms with Crippen molar-refractivity contribution in [3.63, 3.8) is 0 Å². The van der Waals surface area contributed by atoms with Gasteiger partial charge in [-0.05, 0) is 28.1 Å². The monoisotopic (exact) mass is 317 g/mol. The van der Waals surface area contributed by atoms with Crippen LogP contribution in [0.25, 0.3) is 0 Å². The Morgan fingerprint density at radius 3 is 2.53 bits per heavy atom. The fourth-order valence-electron chi connectivity index (χ4n) is 1.38. The number of halogens is 1. The summed E-state index contributed by atoms with van der Waals surface area (Å²) >= 11 is 4.52. The van der Waals surface area contributed by atoms with Crippen molar-refractivity contribution in [1.82, 2.24) is 4.90 Å². The highest BCUT2D eigenvalue weighted by atomic mass is 79.9. The maximum atomic E-state index is 11.8. The van der Waals surface area contributed by atoms with Crippen LogP contribution in [0, 0.1) is 0 Å². The van der Waals surface area contributed by atoms with E-state index in [4.69, 9.17) is 4.74 Å². The van der Waals surface area contributed by atoms with E-state index in [0.29, 0.717) is 4.88 Å². The molecule has 0 N–H and O–H groups in total. The van der Waals surface area contributed by atoms with Gasteiger partial charge in [-0.3, -0.25) is 19.3 Å². The average molecular weight is 318 g/mol. The van der Waals surface area contributed by atoms with Crippen LogP contribution >= 0.6 is 27.3 Å². The topological polar surface area (TPSA) is 63.7 Å². The summed E-state index contributed by atoms with van der Waals surface area (Å²) in [6, 6.07) is 3.41. The van der Waals surface area contributed by atoms with Gasteiger partial charge in [0, 0.05) is 0 Å². The first-order valence-corrected chi connectivity index (χ1v) is 6.38. The Kier molecular flexibility index (Phi) is 3.70. The second-order valence-corrected chi connectivity index (χ2v) is 5.86. The first-order chi connectivity index (χ1) is 8.08. The van der Waals surface area contributed by atoms with Crippen LogP contribution in [-0.2, 0) is 14.3 Å². The number of carbonyl (C=O) groups excluding carboxylic acids is 3. The molecule has 1 aliphatic heterocycles. The van der Waals surface area contributed by atoms with E-state index in [-0.39, 0.29) is 25.5 Å². The number of Topliss-reactive ketones (excluding diaryl/α,β-unsaturated/α-hetero) is 1. The summed E-state index contributed by atoms with van der Waals surface area (Å²) in [6.07, 6.45) is 0. The zero-order valence-corrected chi connectivity index (χ0v) is 11.0. The number of rotatable bonds is 3. The van der Waals surface area contributed by atoms with Gasteiger partial charge in [0.25, 0.3) is 11.8 Å². The van der Waals surface area contributed by atoms with E-state index in [0.717, 1.165) is 8.69 Å². The number of amides is 2. The highest BCUT2D eigenvalue weighted by Crippen LogP contribution is 2.22. The smallest absolute Gasteiger partial charge is 0.255 e. The summed E-state index contributed by atoms with van der Waals surface area (Å²) in [5.74, 6) is -1.18. The van der Waals surface area contributed by atoms with Crippen molar-refractivity contribution in [3.8, 4) is 0 Å². The standard InChI is InChI=1S/C10H8BrNO4S/c11-8-2-1-7(17-8)6(13)3-12-9(14)4-16-5-10(12)15/h1-2H,3-5H2. The van der Waals surface area contributed by atoms with Crippen LogP contribution in [0.2, 0.25) is 0 Å². The zero-order valence-electron chi connectivity index (χ0n) is 8.64. The molecule has 0 aromatic carbocycles. The molecule has 7 heteroatoms. The third-order valence-electron chi connectivity index (χ3n) is 2.20. The van der Waals surface area contributed by atoms with E-state index >= 15 is 0 Å². The molecule has 1 saturated heterocycles. The highest BCUT2D eigenvalue weighted by molar-refractivity contribution is 9.11. The lowest BCUT2D eigenvalue weighted by atomic mass is 10.3. The molecule has 0 atom stereocenters. The van der Waals surface area contributed by atoms with Crippen molar-refractivity contribution in [3.05, 3.63) is 20.8 Å². The second kappa shape index (κ2) is 5.07. The van der Waals surface area contributed by atoms with Gasteiger partial charge in [-0.2, -0.15) is 0 Å². The van der Waals surface area contributed by atoms with Crippen molar-refractivity contribution in [1.29, 1.82) is 0 Å². The summed E-state index contributed by atoms with van der Waals surface area (Å²) in [6.45, 7) is -0.506. The number of ketones is 1. The van der Waals surface area contributed by atoms with E-state index in [2.05, 4.69) is 15.9 Å². The molecule has 17 heavy (non-hydrogen) atoms. The molecule has 1 fully saturated rings. The van der Waals surface area contributed by atoms with Crippen LogP contribution in [0.5, 0.6) is 0 Å². The average Bonchev–Trinajstić information content (AvgIpc) is 2.70. The Bertz CT molecular complexity index is 468. The molecule has 1 aliphatic rings. The molecule has 2 heterocycles. The second-order valence-electron chi connectivity index (χ2n) is 3.39. The molecule has 0 unspecified atom stereocenters. The van der Waals surface area contributed by atoms with Gasteiger partial charge in [0.05, 0.1) is 15.2 Å². The Hall–Kier alpha value is -1.05. The van der Waals surface area contributed by atoms with Crippen molar-refractivity contribution in [2.24, 2.45) is 0 Å². The van der Waals surface area contributed by atoms with Gasteiger partial charge >= 0.3 is 0 Å². The summed E-state index contributed by atoms with van der Waals surface area (Å²) < 4.78 is 5.59. The molecule has 0 aliphatic carbocycles. The Balaban J connectivity index is 2.07. The molecule has 1 aromatic rings. The maximum absolute atomic E-state index is 11.8. The quantitative estimate of drug-likeness (QED) is 0.618. The number of morpholine rings is 1. The summed E-state index contributed by atoms with van der Waals surface area (Å²) in [5, 5.41) is 0. The van der Waals surface area contributed by atoms with E-state index < -0.39 is 11.8 Å². The van der Waals surface area contributed by atoms with Gasteiger partial charge in [-0.15, -0.1) is 11.3 Å². The molecule has 2 rings (SSSR count). The summed E-state index contributed by atoms with van der Waals surface area (Å²) in [4.78, 5) is 36.1. The Labute approximate surface area is 109 Å². The van der Waals surface area contributed by atoms with Crippen LogP contribution < -0.4 is 0 Å². The number of nitrogens with zero attached hydrogens (tertiary/aromatic N) is 1. The third-order valence-corrected chi connectivity index (χ3v) is 3.87. The number of hydrogen-bond acceptors (Lipinski definition) is 5. The van der Waals surface area contributed by atoms with Gasteiger partial charge in [0.1, 0.15) is 13.2 Å². The highest BCUT2D eigenvalue weighted by Gasteiger charge is 2.28. The first kappa shape index (κ1) is 12.4. The van der Waals surface area contributed by atoms with E-state index in [9.17, 15) is 14.4 Å². The van der Waals surface area contributed by atoms with Crippen LogP contribution in [0.1, 0.15) is 9.67 Å². The minimum Gasteiger partial charge on any atom is -0.362 e. The predicted molar refractivity (Wildman–Crippen MR) is 63.9 cm³/mol. The number of thiophene rings is 1. The molecular formula is C10H8BrNO4S. The summed E-state index contributed by atoms with van der Waals surface area (Å²) in [7, 11) is 0. The van der Waals surface area contributed by atoms with Crippen molar-refractivity contribution in [2.75, 3.05) is 19.8 Å². The normalized spacial score (nSPS) is 16.4. The molecule has 0 saturated carbocycles. The molecular weight excluding hydrogens is 310 g/mol. The minimum atomic E-state index is -0.467. The van der Waals surface area contributed by atoms with E-state index in [1.54, 1.807) is 12.1 Å². The van der Waals surface area contributed by atoms with Crippen molar-refractivity contribution in [2.45, 2.75) is 0 Å². The molecule has 5 nitrogen and oxygen atoms in total. The largest absolute Gasteiger partial charge is 0.362 e. The first-order valence-electron chi connectivity index (χ1n) is 4.77. The maximum Gasteiger partial charge on any atom is 0.255 e. The van der Waals surface area contributed by atoms with Gasteiger partial charge in [0.15, 0.2) is 5.78 Å². The number of ether oxygens (including phenoxy) is 1. The summed E-state index contributed by atoms with van der Waals surface area (Å²) in [5.41, 5.74) is 0. The van der Waals surface area contributed by atoms with Crippen LogP contribution in [-0.4, -0.2) is 42.3 Å². The van der Waals surface area contributed by atoms with Crippen LogP contribution in [0.15, 0.2) is 15.9 Å². The van der Waals surface area contributed by atoms with E-state index in [1.165, 1.54) is 11.3 Å². The predicted octanol–water partition coefficient (Wildman–Crippen LogP) is 1.08. The molecule has 1 aromatic heterocycles. The zero-order chi connectivity index (χ0) is 12.4. The van der Waals surface area contributed by atoms with Gasteiger partial charge < -0.3 is 4.74 Å². The third kappa shape index (κ3) is 2.80. The van der Waals surface area contributed by atoms with Crippen LogP contribution in [0.4, 0.5) is 0 Å². The number of imide groups is 1. The van der Waals surface area contributed by atoms with Crippen LogP contribution in [0.3, 0.4) is 0 Å². The van der Waals surface area contributed by atoms with Gasteiger partial charge in [-0.25, -0.2) is 0 Å². The van der Waals surface area contributed by atoms with Crippen molar-refractivity contribution >= 4 is 44.9 Å². The molecule has 2 amide bonds. The Morgan fingerprint density at radius 2 is 2.00 bits per heavy atom. The Morgan fingerprint density at radius 1 is 1.35 bits per heavy atom. The van der Waals surface area contributed by atoms with Gasteiger partial charge in [0.2, 0.25) is 0 Å². The molecule has 0 bridgehead atoms. The molecule has 0 radical (unpaired) electrons. The molecule has 0 spiro atoms. The van der Waals surface area contributed by atoms with Gasteiger partial charge in [-0.1, -0.05) is 0 Å². The SMILES string of the molecule is O=C(CN1C(=O)COCC1=O)c1ccc(Br)s1. The van der Waals surface area contributed by atoms with Crippen molar-refractivity contribution < 1.29 is 19.1 Å². The fraction of sp³-hybridized carbons (Fsp3) is 0.300.